The van der Waals surface area contributed by atoms with E-state index in [-0.39, 0.29) is 0 Å². The lowest BCUT2D eigenvalue weighted by Crippen LogP contribution is -1.88. The highest BCUT2D eigenvalue weighted by molar-refractivity contribution is 5.87. The van der Waals surface area contributed by atoms with Crippen molar-refractivity contribution >= 4 is 10.9 Å². The summed E-state index contributed by atoms with van der Waals surface area (Å²) in [4.78, 5) is 3.39. The van der Waals surface area contributed by atoms with Crippen molar-refractivity contribution in [3.63, 3.8) is 0 Å². The molecule has 1 aromatic carbocycles. The maximum atomic E-state index is 5.42. The van der Waals surface area contributed by atoms with Gasteiger partial charge in [0.05, 0.1) is 12.8 Å². The Hall–Kier alpha value is -1.44. The van der Waals surface area contributed by atoms with Crippen molar-refractivity contribution in [1.29, 1.82) is 0 Å². The molecule has 0 saturated heterocycles. The molecule has 74 valence electrons. The number of nitrogens with one attached hydrogen (secondary N) is 1. The minimum absolute atomic E-state index is 1.00. The predicted octanol–water partition coefficient (Wildman–Crippen LogP) is 3.13. The van der Waals surface area contributed by atoms with E-state index >= 15 is 0 Å². The van der Waals surface area contributed by atoms with E-state index in [1.165, 1.54) is 11.1 Å². The Morgan fingerprint density at radius 2 is 2.07 bits per heavy atom. The molecule has 0 aliphatic heterocycles. The minimum Gasteiger partial charge on any atom is -0.494 e. The summed E-state index contributed by atoms with van der Waals surface area (Å²) in [6, 6.07) is 8.24. The second-order valence-electron chi connectivity index (χ2n) is 3.43. The first-order chi connectivity index (χ1) is 6.86. The summed E-state index contributed by atoms with van der Waals surface area (Å²) in [6.45, 7) is 2.17. The molecule has 0 saturated carbocycles. The monoisotopic (exact) mass is 189 g/mol. The Morgan fingerprint density at radius 1 is 1.29 bits per heavy atom. The number of H-pyrrole nitrogens is 1. The first kappa shape index (κ1) is 9.13. The number of rotatable bonds is 3. The van der Waals surface area contributed by atoms with E-state index in [0.717, 1.165) is 24.1 Å². The third-order valence-electron chi connectivity index (χ3n) is 2.44. The number of aromatic amines is 1. The normalized spacial score (nSPS) is 10.7. The fraction of sp³-hybridized carbons (Fsp3) is 0.333. The van der Waals surface area contributed by atoms with Crippen LogP contribution in [0.2, 0.25) is 0 Å². The van der Waals surface area contributed by atoms with E-state index < -0.39 is 0 Å². The van der Waals surface area contributed by atoms with Gasteiger partial charge in [-0.2, -0.15) is 0 Å². The summed E-state index contributed by atoms with van der Waals surface area (Å²) in [7, 11) is 1.73. The van der Waals surface area contributed by atoms with Crippen LogP contribution >= 0.6 is 0 Å². The standard InChI is InChI=1S/C12H15NO/c1-3-6-11-12(14-2)9-7-4-5-8-10(9)13-11/h4-5,7-8,13H,3,6H2,1-2H3. The van der Waals surface area contributed by atoms with Gasteiger partial charge in [0.1, 0.15) is 5.75 Å². The first-order valence-corrected chi connectivity index (χ1v) is 5.00. The van der Waals surface area contributed by atoms with Gasteiger partial charge in [-0.3, -0.25) is 0 Å². The topological polar surface area (TPSA) is 25.0 Å². The molecule has 0 aliphatic rings. The molecule has 0 bridgehead atoms. The van der Waals surface area contributed by atoms with Crippen molar-refractivity contribution in [3.05, 3.63) is 30.0 Å². The van der Waals surface area contributed by atoms with Crippen LogP contribution in [0.5, 0.6) is 5.75 Å². The van der Waals surface area contributed by atoms with Crippen LogP contribution in [0.3, 0.4) is 0 Å². The van der Waals surface area contributed by atoms with E-state index in [1.807, 2.05) is 12.1 Å². The fourth-order valence-corrected chi connectivity index (χ4v) is 1.83. The van der Waals surface area contributed by atoms with Gasteiger partial charge >= 0.3 is 0 Å². The molecule has 1 aromatic heterocycles. The second kappa shape index (κ2) is 3.74. The van der Waals surface area contributed by atoms with Crippen molar-refractivity contribution in [2.45, 2.75) is 19.8 Å². The van der Waals surface area contributed by atoms with Crippen LogP contribution in [0.4, 0.5) is 0 Å². The molecule has 0 fully saturated rings. The largest absolute Gasteiger partial charge is 0.494 e. The average Bonchev–Trinajstić information content (AvgIpc) is 2.55. The second-order valence-corrected chi connectivity index (χ2v) is 3.43. The lowest BCUT2D eigenvalue weighted by molar-refractivity contribution is 0.414. The predicted molar refractivity (Wildman–Crippen MR) is 58.8 cm³/mol. The molecular formula is C12H15NO. The number of hydrogen-bond donors (Lipinski definition) is 1. The van der Waals surface area contributed by atoms with Gasteiger partial charge in [0.25, 0.3) is 0 Å². The summed E-state index contributed by atoms with van der Waals surface area (Å²) in [5.41, 5.74) is 2.36. The van der Waals surface area contributed by atoms with Crippen LogP contribution in [0.1, 0.15) is 19.0 Å². The van der Waals surface area contributed by atoms with Crippen molar-refractivity contribution in [3.8, 4) is 5.75 Å². The molecule has 0 radical (unpaired) electrons. The van der Waals surface area contributed by atoms with Crippen molar-refractivity contribution in [2.24, 2.45) is 0 Å². The lowest BCUT2D eigenvalue weighted by Gasteiger charge is -2.00. The number of aromatic nitrogens is 1. The zero-order valence-electron chi connectivity index (χ0n) is 8.63. The first-order valence-electron chi connectivity index (χ1n) is 5.00. The summed E-state index contributed by atoms with van der Waals surface area (Å²) >= 11 is 0. The van der Waals surface area contributed by atoms with Crippen molar-refractivity contribution in [2.75, 3.05) is 7.11 Å². The van der Waals surface area contributed by atoms with Gasteiger partial charge in [0.2, 0.25) is 0 Å². The number of ether oxygens (including phenoxy) is 1. The van der Waals surface area contributed by atoms with Crippen LogP contribution in [-0.2, 0) is 6.42 Å². The molecule has 2 aromatic rings. The fourth-order valence-electron chi connectivity index (χ4n) is 1.83. The van der Waals surface area contributed by atoms with Crippen LogP contribution in [-0.4, -0.2) is 12.1 Å². The summed E-state index contributed by atoms with van der Waals surface area (Å²) < 4.78 is 5.42. The summed E-state index contributed by atoms with van der Waals surface area (Å²) in [5, 5.41) is 1.18. The van der Waals surface area contributed by atoms with E-state index in [0.29, 0.717) is 0 Å². The highest BCUT2D eigenvalue weighted by Crippen LogP contribution is 2.30. The van der Waals surface area contributed by atoms with Gasteiger partial charge in [-0.15, -0.1) is 0 Å². The van der Waals surface area contributed by atoms with Gasteiger partial charge in [-0.05, 0) is 18.6 Å². The molecule has 0 spiro atoms. The molecule has 14 heavy (non-hydrogen) atoms. The molecule has 2 nitrogen and oxygen atoms in total. The Kier molecular flexibility index (Phi) is 2.44. The van der Waals surface area contributed by atoms with Gasteiger partial charge in [-0.1, -0.05) is 25.5 Å². The maximum absolute atomic E-state index is 5.42. The SMILES string of the molecule is CCCc1[nH]c2ccccc2c1OC. The van der Waals surface area contributed by atoms with Crippen LogP contribution in [0, 0.1) is 0 Å². The smallest absolute Gasteiger partial charge is 0.147 e. The number of hydrogen-bond acceptors (Lipinski definition) is 1. The molecule has 0 amide bonds. The number of methoxy groups -OCH3 is 1. The summed E-state index contributed by atoms with van der Waals surface area (Å²) in [6.07, 6.45) is 2.17. The van der Waals surface area contributed by atoms with Gasteiger partial charge in [-0.25, -0.2) is 0 Å². The van der Waals surface area contributed by atoms with E-state index in [9.17, 15) is 0 Å². The number of fused-ring (bicyclic) bond motifs is 1. The zero-order valence-corrected chi connectivity index (χ0v) is 8.63. The van der Waals surface area contributed by atoms with Crippen molar-refractivity contribution < 1.29 is 4.74 Å². The van der Waals surface area contributed by atoms with E-state index in [4.69, 9.17) is 4.74 Å². The molecule has 0 aliphatic carbocycles. The molecule has 1 N–H and O–H groups in total. The zero-order chi connectivity index (χ0) is 9.97. The molecule has 2 heteroatoms. The maximum Gasteiger partial charge on any atom is 0.147 e. The molecule has 0 atom stereocenters. The molecule has 0 unspecified atom stereocenters. The molecule has 2 rings (SSSR count). The van der Waals surface area contributed by atoms with Crippen LogP contribution in [0.25, 0.3) is 10.9 Å². The van der Waals surface area contributed by atoms with E-state index in [1.54, 1.807) is 7.11 Å². The van der Waals surface area contributed by atoms with Crippen molar-refractivity contribution in [1.82, 2.24) is 4.98 Å². The Morgan fingerprint density at radius 3 is 2.79 bits per heavy atom. The van der Waals surface area contributed by atoms with Crippen LogP contribution in [0.15, 0.2) is 24.3 Å². The highest BCUT2D eigenvalue weighted by atomic mass is 16.5. The molecule has 1 heterocycles. The molecular weight excluding hydrogens is 174 g/mol. The van der Waals surface area contributed by atoms with Crippen LogP contribution < -0.4 is 4.74 Å². The Bertz CT molecular complexity index is 431. The summed E-state index contributed by atoms with van der Waals surface area (Å²) in [5.74, 6) is 1.00. The van der Waals surface area contributed by atoms with Gasteiger partial charge < -0.3 is 9.72 Å². The lowest BCUT2D eigenvalue weighted by atomic mass is 10.2. The third-order valence-corrected chi connectivity index (χ3v) is 2.44. The van der Waals surface area contributed by atoms with Gasteiger partial charge in [0.15, 0.2) is 0 Å². The minimum atomic E-state index is 1.00. The van der Waals surface area contributed by atoms with Gasteiger partial charge in [0, 0.05) is 10.9 Å². The Balaban J connectivity index is 2.60. The Labute approximate surface area is 83.9 Å². The number of aryl methyl sites for hydroxylation is 1. The van der Waals surface area contributed by atoms with E-state index in [2.05, 4.69) is 24.0 Å². The highest BCUT2D eigenvalue weighted by Gasteiger charge is 2.09. The number of para-hydroxylation sites is 1. The number of benzene rings is 1. The third kappa shape index (κ3) is 1.37. The quantitative estimate of drug-likeness (QED) is 0.788. The average molecular weight is 189 g/mol.